The van der Waals surface area contributed by atoms with Crippen LogP contribution in [0.15, 0.2) is 49.3 Å². The van der Waals surface area contributed by atoms with Crippen molar-refractivity contribution in [2.24, 2.45) is 0 Å². The number of aromatic amines is 1. The Kier molecular flexibility index (Phi) is 4.86. The lowest BCUT2D eigenvalue weighted by atomic mass is 10.1. The van der Waals surface area contributed by atoms with E-state index in [-0.39, 0.29) is 11.7 Å². The van der Waals surface area contributed by atoms with Gasteiger partial charge in [-0.05, 0) is 26.3 Å². The van der Waals surface area contributed by atoms with Gasteiger partial charge in [0.15, 0.2) is 11.0 Å². The molecule has 3 aromatic heterocycles. The third-order valence-electron chi connectivity index (χ3n) is 4.39. The van der Waals surface area contributed by atoms with Crippen LogP contribution in [0.25, 0.3) is 11.5 Å². The van der Waals surface area contributed by atoms with E-state index in [1.54, 1.807) is 11.5 Å². The predicted molar refractivity (Wildman–Crippen MR) is 102 cm³/mol. The van der Waals surface area contributed by atoms with Crippen LogP contribution in [0.1, 0.15) is 35.8 Å². The molecule has 9 nitrogen and oxygen atoms in total. The summed E-state index contributed by atoms with van der Waals surface area (Å²) in [6.07, 6.45) is 0. The van der Waals surface area contributed by atoms with Gasteiger partial charge in [0.25, 0.3) is 5.89 Å². The van der Waals surface area contributed by atoms with Crippen LogP contribution in [0.4, 0.5) is 0 Å². The zero-order valence-corrected chi connectivity index (χ0v) is 16.4. The maximum Gasteiger partial charge on any atom is 0.344 e. The molecule has 144 valence electrons. The van der Waals surface area contributed by atoms with E-state index >= 15 is 0 Å². The number of nitrogens with one attached hydrogen (secondary N) is 1. The first kappa shape index (κ1) is 18.2. The third-order valence-corrected chi connectivity index (χ3v) is 5.34. The van der Waals surface area contributed by atoms with Crippen LogP contribution in [0.3, 0.4) is 0 Å². The first-order valence-electron chi connectivity index (χ1n) is 8.65. The van der Waals surface area contributed by atoms with Gasteiger partial charge in [0.2, 0.25) is 0 Å². The van der Waals surface area contributed by atoms with Crippen LogP contribution in [0.5, 0.6) is 0 Å². The van der Waals surface area contributed by atoms with E-state index < -0.39 is 0 Å². The number of nitrogens with zero attached hydrogens (tertiary/aromatic N) is 5. The quantitative estimate of drug-likeness (QED) is 0.493. The number of aryl methyl sites for hydroxylation is 2. The Morgan fingerprint density at radius 1 is 1.18 bits per heavy atom. The summed E-state index contributed by atoms with van der Waals surface area (Å²) in [6.45, 7) is 5.57. The lowest BCUT2D eigenvalue weighted by molar-refractivity contribution is 0.392. The molecule has 0 saturated heterocycles. The van der Waals surface area contributed by atoms with Gasteiger partial charge >= 0.3 is 5.69 Å². The fourth-order valence-corrected chi connectivity index (χ4v) is 3.81. The molecule has 0 bridgehead atoms. The van der Waals surface area contributed by atoms with Gasteiger partial charge in [-0.2, -0.15) is 4.98 Å². The molecule has 0 radical (unpaired) electrons. The van der Waals surface area contributed by atoms with Crippen LogP contribution in [0, 0.1) is 13.8 Å². The Balaban J connectivity index is 1.53. The fourth-order valence-electron chi connectivity index (χ4n) is 2.95. The van der Waals surface area contributed by atoms with Crippen LogP contribution in [-0.4, -0.2) is 30.1 Å². The van der Waals surface area contributed by atoms with Crippen molar-refractivity contribution < 1.29 is 9.05 Å². The molecule has 28 heavy (non-hydrogen) atoms. The largest absolute Gasteiger partial charge is 0.361 e. The lowest BCUT2D eigenvalue weighted by Gasteiger charge is -2.14. The summed E-state index contributed by atoms with van der Waals surface area (Å²) in [5.74, 6) is 1.88. The molecule has 0 saturated carbocycles. The van der Waals surface area contributed by atoms with Crippen molar-refractivity contribution >= 4 is 11.8 Å². The molecule has 1 N–H and O–H groups in total. The van der Waals surface area contributed by atoms with E-state index in [4.69, 9.17) is 9.05 Å². The first-order valence-corrected chi connectivity index (χ1v) is 9.63. The van der Waals surface area contributed by atoms with Crippen molar-refractivity contribution in [2.75, 3.05) is 0 Å². The normalized spacial score (nSPS) is 12.4. The minimum absolute atomic E-state index is 0.155. The molecule has 0 amide bonds. The van der Waals surface area contributed by atoms with E-state index in [9.17, 15) is 4.79 Å². The Morgan fingerprint density at radius 3 is 2.68 bits per heavy atom. The lowest BCUT2D eigenvalue weighted by Crippen LogP contribution is -2.22. The van der Waals surface area contributed by atoms with Gasteiger partial charge in [-0.1, -0.05) is 52.4 Å². The van der Waals surface area contributed by atoms with Gasteiger partial charge in [0.1, 0.15) is 11.3 Å². The monoisotopic (exact) mass is 398 g/mol. The van der Waals surface area contributed by atoms with E-state index in [0.717, 1.165) is 5.56 Å². The molecular weight excluding hydrogens is 380 g/mol. The minimum atomic E-state index is -0.261. The van der Waals surface area contributed by atoms with Gasteiger partial charge < -0.3 is 9.05 Å². The highest BCUT2D eigenvalue weighted by Gasteiger charge is 2.20. The van der Waals surface area contributed by atoms with Crippen LogP contribution in [-0.2, 0) is 5.75 Å². The molecule has 0 spiro atoms. The number of thioether (sulfide) groups is 1. The van der Waals surface area contributed by atoms with Crippen molar-refractivity contribution in [3.8, 4) is 11.5 Å². The molecule has 10 heteroatoms. The minimum Gasteiger partial charge on any atom is -0.361 e. The van der Waals surface area contributed by atoms with Crippen molar-refractivity contribution in [1.29, 1.82) is 0 Å². The summed E-state index contributed by atoms with van der Waals surface area (Å²) in [4.78, 5) is 16.7. The highest BCUT2D eigenvalue weighted by Crippen LogP contribution is 2.27. The Morgan fingerprint density at radius 2 is 1.96 bits per heavy atom. The molecule has 4 aromatic rings. The average molecular weight is 398 g/mol. The number of benzene rings is 1. The summed E-state index contributed by atoms with van der Waals surface area (Å²) in [5.41, 5.74) is 2.16. The summed E-state index contributed by atoms with van der Waals surface area (Å²) in [6, 6.07) is 9.63. The second-order valence-electron chi connectivity index (χ2n) is 6.27. The molecule has 4 rings (SSSR count). The maximum atomic E-state index is 12.3. The van der Waals surface area contributed by atoms with E-state index in [0.29, 0.717) is 39.6 Å². The topological polar surface area (TPSA) is 116 Å². The Hall–Kier alpha value is -3.14. The molecule has 0 unspecified atom stereocenters. The summed E-state index contributed by atoms with van der Waals surface area (Å²) in [5, 5.41) is 15.1. The summed E-state index contributed by atoms with van der Waals surface area (Å²) >= 11 is 1.36. The highest BCUT2D eigenvalue weighted by atomic mass is 32.2. The van der Waals surface area contributed by atoms with Gasteiger partial charge in [-0.3, -0.25) is 4.57 Å². The van der Waals surface area contributed by atoms with E-state index in [1.807, 2.05) is 44.2 Å². The first-order chi connectivity index (χ1) is 13.5. The number of hydrogen-bond acceptors (Lipinski definition) is 8. The van der Waals surface area contributed by atoms with E-state index in [2.05, 4.69) is 25.5 Å². The van der Waals surface area contributed by atoms with Gasteiger partial charge in [0, 0.05) is 0 Å². The number of rotatable bonds is 6. The summed E-state index contributed by atoms with van der Waals surface area (Å²) in [7, 11) is 0. The summed E-state index contributed by atoms with van der Waals surface area (Å²) < 4.78 is 12.1. The van der Waals surface area contributed by atoms with E-state index in [1.165, 1.54) is 11.8 Å². The van der Waals surface area contributed by atoms with Crippen molar-refractivity contribution in [3.63, 3.8) is 0 Å². The fraction of sp³-hybridized carbons (Fsp3) is 0.278. The molecule has 0 aliphatic rings. The van der Waals surface area contributed by atoms with Gasteiger partial charge in [0.05, 0.1) is 17.5 Å². The van der Waals surface area contributed by atoms with Crippen molar-refractivity contribution in [1.82, 2.24) is 30.1 Å². The highest BCUT2D eigenvalue weighted by molar-refractivity contribution is 7.98. The molecule has 0 fully saturated rings. The standard InChI is InChI=1S/C18H18N6O3S/c1-10-15(12(3)26-22-10)16-19-14(23-27-16)9-28-18-21-20-17(25)24(18)11(2)13-7-5-4-6-8-13/h4-8,11H,9H2,1-3H3,(H,20,25)/t11-/m1/s1. The molecule has 1 aromatic carbocycles. The Bertz CT molecular complexity index is 1120. The van der Waals surface area contributed by atoms with Crippen molar-refractivity contribution in [3.05, 3.63) is 63.7 Å². The van der Waals surface area contributed by atoms with Crippen LogP contribution >= 0.6 is 11.8 Å². The van der Waals surface area contributed by atoms with Gasteiger partial charge in [-0.25, -0.2) is 9.89 Å². The molecule has 1 atom stereocenters. The number of H-pyrrole nitrogens is 1. The van der Waals surface area contributed by atoms with Crippen molar-refractivity contribution in [2.45, 2.75) is 37.7 Å². The molecule has 0 aliphatic heterocycles. The molecule has 0 aliphatic carbocycles. The zero-order valence-electron chi connectivity index (χ0n) is 15.5. The Labute approximate surface area is 164 Å². The second-order valence-corrected chi connectivity index (χ2v) is 7.21. The molecule has 3 heterocycles. The predicted octanol–water partition coefficient (Wildman–Crippen LogP) is 3.13. The zero-order chi connectivity index (χ0) is 19.7. The SMILES string of the molecule is Cc1noc(C)c1-c1nc(CSc2n[nH]c(=O)n2[C@H](C)c2ccccc2)no1. The maximum absolute atomic E-state index is 12.3. The number of hydrogen-bond donors (Lipinski definition) is 1. The van der Waals surface area contributed by atoms with Crippen LogP contribution < -0.4 is 5.69 Å². The third kappa shape index (κ3) is 3.38. The van der Waals surface area contributed by atoms with Crippen LogP contribution in [0.2, 0.25) is 0 Å². The van der Waals surface area contributed by atoms with Gasteiger partial charge in [-0.15, -0.1) is 5.10 Å². The number of aromatic nitrogens is 6. The second kappa shape index (κ2) is 7.47. The molecular formula is C18H18N6O3S. The average Bonchev–Trinajstić information content (AvgIpc) is 3.39. The smallest absolute Gasteiger partial charge is 0.344 e.